The van der Waals surface area contributed by atoms with Crippen LogP contribution >= 0.6 is 11.6 Å². The molecule has 2 aromatic rings. The average Bonchev–Trinajstić information content (AvgIpc) is 2.49. The van der Waals surface area contributed by atoms with E-state index in [1.807, 2.05) is 68.1 Å². The highest BCUT2D eigenvalue weighted by molar-refractivity contribution is 6.34. The molecule has 0 atom stereocenters. The number of nitrogens with one attached hydrogen (secondary N) is 1. The van der Waals surface area contributed by atoms with Gasteiger partial charge in [0.2, 0.25) is 5.91 Å². The maximum Gasteiger partial charge on any atom is 0.243 e. The zero-order valence-corrected chi connectivity index (χ0v) is 13.9. The summed E-state index contributed by atoms with van der Waals surface area (Å²) in [4.78, 5) is 14.4. The Labute approximate surface area is 136 Å². The lowest BCUT2D eigenvalue weighted by atomic mass is 10.1. The van der Waals surface area contributed by atoms with Crippen molar-refractivity contribution in [1.29, 1.82) is 0 Å². The van der Waals surface area contributed by atoms with Crippen LogP contribution in [0.2, 0.25) is 5.02 Å². The van der Waals surface area contributed by atoms with Gasteiger partial charge in [0.15, 0.2) is 0 Å². The molecule has 1 N–H and O–H groups in total. The molecule has 0 aliphatic rings. The molecular formula is C18H21ClN2O. The number of halogens is 1. The monoisotopic (exact) mass is 316 g/mol. The first-order chi connectivity index (χ1) is 10.5. The zero-order valence-electron chi connectivity index (χ0n) is 13.2. The van der Waals surface area contributed by atoms with Crippen LogP contribution in [0, 0.1) is 13.8 Å². The van der Waals surface area contributed by atoms with Crippen molar-refractivity contribution in [1.82, 2.24) is 0 Å². The Bertz CT molecular complexity index is 632. The highest BCUT2D eigenvalue weighted by Crippen LogP contribution is 2.27. The Balaban J connectivity index is 2.10. The molecule has 2 rings (SSSR count). The van der Waals surface area contributed by atoms with Crippen molar-refractivity contribution in [2.75, 3.05) is 23.3 Å². The van der Waals surface area contributed by atoms with Gasteiger partial charge in [-0.3, -0.25) is 4.79 Å². The first-order valence-electron chi connectivity index (χ1n) is 7.38. The third-order valence-corrected chi connectivity index (χ3v) is 3.83. The van der Waals surface area contributed by atoms with Crippen molar-refractivity contribution in [3.05, 3.63) is 58.6 Å². The summed E-state index contributed by atoms with van der Waals surface area (Å²) in [6.07, 6.45) is 0. The normalized spacial score (nSPS) is 10.4. The van der Waals surface area contributed by atoms with Crippen LogP contribution in [0.5, 0.6) is 0 Å². The topological polar surface area (TPSA) is 32.3 Å². The van der Waals surface area contributed by atoms with E-state index in [-0.39, 0.29) is 5.91 Å². The van der Waals surface area contributed by atoms with Gasteiger partial charge < -0.3 is 10.2 Å². The lowest BCUT2D eigenvalue weighted by Gasteiger charge is -2.23. The van der Waals surface area contributed by atoms with E-state index in [1.54, 1.807) is 0 Å². The Morgan fingerprint density at radius 2 is 1.86 bits per heavy atom. The van der Waals surface area contributed by atoms with Crippen LogP contribution < -0.4 is 10.2 Å². The van der Waals surface area contributed by atoms with E-state index in [0.717, 1.165) is 23.4 Å². The molecule has 2 aromatic carbocycles. The number of amides is 1. The maximum atomic E-state index is 12.3. The molecule has 0 spiro atoms. The van der Waals surface area contributed by atoms with Crippen molar-refractivity contribution < 1.29 is 4.79 Å². The number of nitrogens with zero attached hydrogens (tertiary/aromatic N) is 1. The number of carbonyl (C=O) groups excluding carboxylic acids is 1. The molecule has 0 heterocycles. The molecule has 3 nitrogen and oxygen atoms in total. The predicted molar refractivity (Wildman–Crippen MR) is 93.9 cm³/mol. The van der Waals surface area contributed by atoms with Gasteiger partial charge in [0.05, 0.1) is 17.3 Å². The summed E-state index contributed by atoms with van der Waals surface area (Å²) in [6, 6.07) is 13.8. The molecule has 0 saturated heterocycles. The molecule has 0 aromatic heterocycles. The summed E-state index contributed by atoms with van der Waals surface area (Å²) < 4.78 is 0. The van der Waals surface area contributed by atoms with Crippen molar-refractivity contribution in [2.45, 2.75) is 20.8 Å². The predicted octanol–water partition coefficient (Wildman–Crippen LogP) is 4.42. The first kappa shape index (κ1) is 16.4. The molecule has 4 heteroatoms. The smallest absolute Gasteiger partial charge is 0.243 e. The fourth-order valence-electron chi connectivity index (χ4n) is 2.45. The number of hydrogen-bond acceptors (Lipinski definition) is 2. The van der Waals surface area contributed by atoms with Crippen LogP contribution in [0.1, 0.15) is 18.1 Å². The Kier molecular flexibility index (Phi) is 5.45. The number of rotatable bonds is 5. The standard InChI is InChI=1S/C18H21ClN2O/c1-4-21(15-8-6-5-7-9-15)12-17(22)20-18-14(3)10-13(2)11-16(18)19/h5-11H,4,12H2,1-3H3,(H,20,22). The number of aryl methyl sites for hydroxylation is 2. The van der Waals surface area contributed by atoms with Crippen molar-refractivity contribution >= 4 is 28.9 Å². The average molecular weight is 317 g/mol. The molecule has 0 saturated carbocycles. The molecule has 0 unspecified atom stereocenters. The van der Waals surface area contributed by atoms with Gasteiger partial charge >= 0.3 is 0 Å². The van der Waals surface area contributed by atoms with Crippen LogP contribution in [0.15, 0.2) is 42.5 Å². The molecule has 116 valence electrons. The van der Waals surface area contributed by atoms with E-state index < -0.39 is 0 Å². The summed E-state index contributed by atoms with van der Waals surface area (Å²) in [7, 11) is 0. The quantitative estimate of drug-likeness (QED) is 0.885. The molecule has 0 fully saturated rings. The van der Waals surface area contributed by atoms with E-state index in [2.05, 4.69) is 5.32 Å². The van der Waals surface area contributed by atoms with Gasteiger partial charge in [-0.2, -0.15) is 0 Å². The second kappa shape index (κ2) is 7.32. The molecule has 22 heavy (non-hydrogen) atoms. The van der Waals surface area contributed by atoms with Crippen LogP contribution in [-0.4, -0.2) is 19.0 Å². The van der Waals surface area contributed by atoms with Crippen LogP contribution in [0.4, 0.5) is 11.4 Å². The van der Waals surface area contributed by atoms with Gasteiger partial charge in [0.1, 0.15) is 0 Å². The highest BCUT2D eigenvalue weighted by atomic mass is 35.5. The summed E-state index contributed by atoms with van der Waals surface area (Å²) in [5, 5.41) is 3.51. The van der Waals surface area contributed by atoms with E-state index in [4.69, 9.17) is 11.6 Å². The summed E-state index contributed by atoms with van der Waals surface area (Å²) in [6.45, 7) is 7.02. The summed E-state index contributed by atoms with van der Waals surface area (Å²) >= 11 is 6.24. The minimum Gasteiger partial charge on any atom is -0.362 e. The number of benzene rings is 2. The third-order valence-electron chi connectivity index (χ3n) is 3.53. The maximum absolute atomic E-state index is 12.3. The Morgan fingerprint density at radius 1 is 1.18 bits per heavy atom. The van der Waals surface area contributed by atoms with E-state index in [9.17, 15) is 4.79 Å². The minimum absolute atomic E-state index is 0.0699. The lowest BCUT2D eigenvalue weighted by Crippen LogP contribution is -2.33. The first-order valence-corrected chi connectivity index (χ1v) is 7.75. The molecule has 0 radical (unpaired) electrons. The fraction of sp³-hybridized carbons (Fsp3) is 0.278. The molecule has 0 bridgehead atoms. The van der Waals surface area contributed by atoms with Gasteiger partial charge in [-0.1, -0.05) is 35.9 Å². The van der Waals surface area contributed by atoms with E-state index in [0.29, 0.717) is 17.3 Å². The van der Waals surface area contributed by atoms with Crippen molar-refractivity contribution in [3.63, 3.8) is 0 Å². The number of carbonyl (C=O) groups is 1. The number of para-hydroxylation sites is 1. The van der Waals surface area contributed by atoms with Crippen LogP contribution in [0.25, 0.3) is 0 Å². The summed E-state index contributed by atoms with van der Waals surface area (Å²) in [5.41, 5.74) is 3.79. The van der Waals surface area contributed by atoms with Gasteiger partial charge in [0, 0.05) is 12.2 Å². The largest absolute Gasteiger partial charge is 0.362 e. The Morgan fingerprint density at radius 3 is 2.45 bits per heavy atom. The van der Waals surface area contributed by atoms with Crippen LogP contribution in [-0.2, 0) is 4.79 Å². The highest BCUT2D eigenvalue weighted by Gasteiger charge is 2.13. The third kappa shape index (κ3) is 4.01. The number of likely N-dealkylation sites (N-methyl/N-ethyl adjacent to an activating group) is 1. The van der Waals surface area contributed by atoms with E-state index >= 15 is 0 Å². The van der Waals surface area contributed by atoms with Gasteiger partial charge in [-0.25, -0.2) is 0 Å². The lowest BCUT2D eigenvalue weighted by molar-refractivity contribution is -0.115. The molecule has 0 aliphatic heterocycles. The van der Waals surface area contributed by atoms with Gasteiger partial charge in [0.25, 0.3) is 0 Å². The Hall–Kier alpha value is -2.00. The van der Waals surface area contributed by atoms with E-state index in [1.165, 1.54) is 0 Å². The SMILES string of the molecule is CCN(CC(=O)Nc1c(C)cc(C)cc1Cl)c1ccccc1. The fourth-order valence-corrected chi connectivity index (χ4v) is 2.82. The number of hydrogen-bond donors (Lipinski definition) is 1. The van der Waals surface area contributed by atoms with Gasteiger partial charge in [-0.15, -0.1) is 0 Å². The second-order valence-electron chi connectivity index (χ2n) is 5.34. The van der Waals surface area contributed by atoms with Crippen molar-refractivity contribution in [2.24, 2.45) is 0 Å². The number of anilines is 2. The summed E-state index contributed by atoms with van der Waals surface area (Å²) in [5.74, 6) is -0.0699. The zero-order chi connectivity index (χ0) is 16.1. The molecular weight excluding hydrogens is 296 g/mol. The molecule has 0 aliphatic carbocycles. The molecule has 1 amide bonds. The van der Waals surface area contributed by atoms with Gasteiger partial charge in [-0.05, 0) is 50.1 Å². The van der Waals surface area contributed by atoms with Crippen LogP contribution in [0.3, 0.4) is 0 Å². The second-order valence-corrected chi connectivity index (χ2v) is 5.74. The van der Waals surface area contributed by atoms with Crippen molar-refractivity contribution in [3.8, 4) is 0 Å². The minimum atomic E-state index is -0.0699.